The van der Waals surface area contributed by atoms with E-state index in [9.17, 15) is 4.79 Å². The standard InChI is InChI=1S/C14H17Cl2NO2/c1-2-19-14(18)10-3-5-17(6-4-10)13-8-11(15)7-12(16)9-13/h7-10H,2-6H2,1H3. The van der Waals surface area contributed by atoms with E-state index in [0.717, 1.165) is 31.6 Å². The average Bonchev–Trinajstić information content (AvgIpc) is 2.38. The van der Waals surface area contributed by atoms with Crippen LogP contribution in [0.2, 0.25) is 10.0 Å². The minimum Gasteiger partial charge on any atom is -0.466 e. The van der Waals surface area contributed by atoms with Crippen LogP contribution in [0.25, 0.3) is 0 Å². The monoisotopic (exact) mass is 301 g/mol. The number of ether oxygens (including phenoxy) is 1. The van der Waals surface area contributed by atoms with E-state index in [0.29, 0.717) is 16.7 Å². The highest BCUT2D eigenvalue weighted by Gasteiger charge is 2.26. The molecular formula is C14H17Cl2NO2. The van der Waals surface area contributed by atoms with E-state index in [-0.39, 0.29) is 11.9 Å². The lowest BCUT2D eigenvalue weighted by Crippen LogP contribution is -2.36. The Labute approximate surface area is 123 Å². The summed E-state index contributed by atoms with van der Waals surface area (Å²) in [6.07, 6.45) is 1.62. The third kappa shape index (κ3) is 3.77. The summed E-state index contributed by atoms with van der Waals surface area (Å²) >= 11 is 12.0. The van der Waals surface area contributed by atoms with Gasteiger partial charge in [0.2, 0.25) is 0 Å². The molecule has 0 saturated carbocycles. The maximum atomic E-state index is 11.7. The minimum atomic E-state index is -0.0775. The second kappa shape index (κ2) is 6.49. The summed E-state index contributed by atoms with van der Waals surface area (Å²) in [6.45, 7) is 3.92. The summed E-state index contributed by atoms with van der Waals surface area (Å²) in [4.78, 5) is 13.9. The zero-order valence-electron chi connectivity index (χ0n) is 10.9. The summed E-state index contributed by atoms with van der Waals surface area (Å²) < 4.78 is 5.06. The Balaban J connectivity index is 1.97. The van der Waals surface area contributed by atoms with E-state index in [2.05, 4.69) is 4.90 Å². The van der Waals surface area contributed by atoms with Crippen molar-refractivity contribution >= 4 is 34.9 Å². The molecule has 1 saturated heterocycles. The van der Waals surface area contributed by atoms with Crippen molar-refractivity contribution in [1.29, 1.82) is 0 Å². The number of carbonyl (C=O) groups is 1. The van der Waals surface area contributed by atoms with E-state index in [1.807, 2.05) is 19.1 Å². The summed E-state index contributed by atoms with van der Waals surface area (Å²) in [5.74, 6) is -0.0582. The van der Waals surface area contributed by atoms with Crippen molar-refractivity contribution in [3.8, 4) is 0 Å². The topological polar surface area (TPSA) is 29.5 Å². The number of piperidine rings is 1. The molecule has 0 spiro atoms. The molecule has 0 aromatic heterocycles. The van der Waals surface area contributed by atoms with Crippen LogP contribution in [0.1, 0.15) is 19.8 Å². The lowest BCUT2D eigenvalue weighted by molar-refractivity contribution is -0.148. The molecule has 1 heterocycles. The van der Waals surface area contributed by atoms with Gasteiger partial charge in [-0.25, -0.2) is 0 Å². The highest BCUT2D eigenvalue weighted by atomic mass is 35.5. The van der Waals surface area contributed by atoms with E-state index in [1.54, 1.807) is 6.07 Å². The Hall–Kier alpha value is -0.930. The van der Waals surface area contributed by atoms with Crippen molar-refractivity contribution in [2.24, 2.45) is 5.92 Å². The van der Waals surface area contributed by atoms with Crippen LogP contribution in [-0.4, -0.2) is 25.7 Å². The first-order valence-electron chi connectivity index (χ1n) is 6.48. The second-order valence-electron chi connectivity index (χ2n) is 4.64. The van der Waals surface area contributed by atoms with Crippen molar-refractivity contribution in [2.45, 2.75) is 19.8 Å². The Morgan fingerprint density at radius 2 is 1.84 bits per heavy atom. The molecular weight excluding hydrogens is 285 g/mol. The lowest BCUT2D eigenvalue weighted by atomic mass is 9.96. The first-order valence-corrected chi connectivity index (χ1v) is 7.23. The maximum absolute atomic E-state index is 11.7. The molecule has 0 aliphatic carbocycles. The summed E-state index contributed by atoms with van der Waals surface area (Å²) in [5.41, 5.74) is 1.01. The van der Waals surface area contributed by atoms with Gasteiger partial charge in [0.1, 0.15) is 0 Å². The highest BCUT2D eigenvalue weighted by molar-refractivity contribution is 6.35. The molecule has 1 aliphatic heterocycles. The molecule has 19 heavy (non-hydrogen) atoms. The number of benzene rings is 1. The quantitative estimate of drug-likeness (QED) is 0.796. The molecule has 1 aliphatic rings. The predicted octanol–water partition coefficient (Wildman–Crippen LogP) is 3.77. The van der Waals surface area contributed by atoms with Crippen molar-refractivity contribution in [2.75, 3.05) is 24.6 Å². The van der Waals surface area contributed by atoms with Crippen LogP contribution >= 0.6 is 23.2 Å². The van der Waals surface area contributed by atoms with Crippen molar-refractivity contribution in [3.05, 3.63) is 28.2 Å². The van der Waals surface area contributed by atoms with Crippen molar-refractivity contribution in [1.82, 2.24) is 0 Å². The van der Waals surface area contributed by atoms with Crippen LogP contribution in [0.15, 0.2) is 18.2 Å². The number of hydrogen-bond acceptors (Lipinski definition) is 3. The Morgan fingerprint density at radius 3 is 2.37 bits per heavy atom. The van der Waals surface area contributed by atoms with Gasteiger partial charge < -0.3 is 9.64 Å². The zero-order valence-corrected chi connectivity index (χ0v) is 12.4. The van der Waals surface area contributed by atoms with Gasteiger partial charge >= 0.3 is 5.97 Å². The first kappa shape index (κ1) is 14.5. The van der Waals surface area contributed by atoms with E-state index in [1.165, 1.54) is 0 Å². The largest absolute Gasteiger partial charge is 0.466 e. The molecule has 104 valence electrons. The summed E-state index contributed by atoms with van der Waals surface area (Å²) in [7, 11) is 0. The zero-order chi connectivity index (χ0) is 13.8. The Bertz CT molecular complexity index is 437. The predicted molar refractivity (Wildman–Crippen MR) is 78.0 cm³/mol. The third-order valence-electron chi connectivity index (χ3n) is 3.33. The smallest absolute Gasteiger partial charge is 0.309 e. The minimum absolute atomic E-state index is 0.0193. The number of carbonyl (C=O) groups excluding carboxylic acids is 1. The number of anilines is 1. The molecule has 5 heteroatoms. The van der Waals surface area contributed by atoms with Gasteiger partial charge in [0.25, 0.3) is 0 Å². The molecule has 0 N–H and O–H groups in total. The lowest BCUT2D eigenvalue weighted by Gasteiger charge is -2.32. The van der Waals surface area contributed by atoms with Gasteiger partial charge in [0.15, 0.2) is 0 Å². The molecule has 0 bridgehead atoms. The average molecular weight is 302 g/mol. The fraction of sp³-hybridized carbons (Fsp3) is 0.500. The van der Waals surface area contributed by atoms with Crippen LogP contribution in [0, 0.1) is 5.92 Å². The van der Waals surface area contributed by atoms with Gasteiger partial charge in [0, 0.05) is 28.8 Å². The second-order valence-corrected chi connectivity index (χ2v) is 5.51. The molecule has 0 radical (unpaired) electrons. The van der Waals surface area contributed by atoms with Gasteiger partial charge in [-0.15, -0.1) is 0 Å². The maximum Gasteiger partial charge on any atom is 0.309 e. The summed E-state index contributed by atoms with van der Waals surface area (Å²) in [6, 6.07) is 5.52. The Morgan fingerprint density at radius 1 is 1.26 bits per heavy atom. The van der Waals surface area contributed by atoms with Crippen LogP contribution in [0.5, 0.6) is 0 Å². The first-order chi connectivity index (χ1) is 9.10. The Kier molecular flexibility index (Phi) is 4.94. The third-order valence-corrected chi connectivity index (χ3v) is 3.76. The molecule has 0 unspecified atom stereocenters. The molecule has 1 aromatic carbocycles. The highest BCUT2D eigenvalue weighted by Crippen LogP contribution is 2.29. The number of rotatable bonds is 3. The van der Waals surface area contributed by atoms with Gasteiger partial charge in [-0.1, -0.05) is 23.2 Å². The number of halogens is 2. The van der Waals surface area contributed by atoms with E-state index >= 15 is 0 Å². The fourth-order valence-electron chi connectivity index (χ4n) is 2.36. The SMILES string of the molecule is CCOC(=O)C1CCN(c2cc(Cl)cc(Cl)c2)CC1. The van der Waals surface area contributed by atoms with Crippen LogP contribution in [0.4, 0.5) is 5.69 Å². The van der Waals surface area contributed by atoms with Crippen molar-refractivity contribution in [3.63, 3.8) is 0 Å². The molecule has 1 fully saturated rings. The van der Waals surface area contributed by atoms with Crippen molar-refractivity contribution < 1.29 is 9.53 Å². The molecule has 1 aromatic rings. The fourth-order valence-corrected chi connectivity index (χ4v) is 2.87. The number of esters is 1. The summed E-state index contributed by atoms with van der Waals surface area (Å²) in [5, 5.41) is 1.27. The van der Waals surface area contributed by atoms with Crippen LogP contribution in [-0.2, 0) is 9.53 Å². The van der Waals surface area contributed by atoms with E-state index < -0.39 is 0 Å². The molecule has 0 atom stereocenters. The molecule has 0 amide bonds. The van der Waals surface area contributed by atoms with Gasteiger partial charge in [0.05, 0.1) is 12.5 Å². The number of nitrogens with zero attached hydrogens (tertiary/aromatic N) is 1. The molecule has 3 nitrogen and oxygen atoms in total. The number of hydrogen-bond donors (Lipinski definition) is 0. The van der Waals surface area contributed by atoms with Crippen LogP contribution in [0.3, 0.4) is 0 Å². The molecule has 2 rings (SSSR count). The van der Waals surface area contributed by atoms with Gasteiger partial charge in [-0.05, 0) is 38.0 Å². The normalized spacial score (nSPS) is 16.5. The van der Waals surface area contributed by atoms with Gasteiger partial charge in [-0.2, -0.15) is 0 Å². The van der Waals surface area contributed by atoms with Crippen LogP contribution < -0.4 is 4.90 Å². The van der Waals surface area contributed by atoms with E-state index in [4.69, 9.17) is 27.9 Å². The van der Waals surface area contributed by atoms with Gasteiger partial charge in [-0.3, -0.25) is 4.79 Å².